The van der Waals surface area contributed by atoms with Crippen LogP contribution >= 0.6 is 11.3 Å². The molecule has 0 saturated carbocycles. The first kappa shape index (κ1) is 28.7. The second-order valence-corrected chi connectivity index (χ2v) is 15.2. The van der Waals surface area contributed by atoms with Gasteiger partial charge in [-0.15, -0.1) is 11.3 Å². The largest absolute Gasteiger partial charge is 0.455 e. The summed E-state index contributed by atoms with van der Waals surface area (Å²) in [7, 11) is 0. The van der Waals surface area contributed by atoms with Crippen LogP contribution in [0.1, 0.15) is 25.0 Å². The fraction of sp³-hybridized carbons (Fsp3) is 0.0638. The van der Waals surface area contributed by atoms with Gasteiger partial charge in [0.05, 0.1) is 21.3 Å². The van der Waals surface area contributed by atoms with Crippen molar-refractivity contribution < 1.29 is 4.42 Å². The van der Waals surface area contributed by atoms with Gasteiger partial charge in [-0.25, -0.2) is 4.98 Å². The van der Waals surface area contributed by atoms with Crippen molar-refractivity contribution in [3.8, 4) is 44.6 Å². The highest BCUT2D eigenvalue weighted by Crippen LogP contribution is 2.51. The Labute approximate surface area is 298 Å². The minimum Gasteiger partial charge on any atom is -0.455 e. The lowest BCUT2D eigenvalue weighted by molar-refractivity contribution is 0.661. The van der Waals surface area contributed by atoms with Crippen LogP contribution in [0.25, 0.3) is 97.7 Å². The Morgan fingerprint density at radius 2 is 1.22 bits per heavy atom. The van der Waals surface area contributed by atoms with Crippen LogP contribution in [0.2, 0.25) is 0 Å². The second kappa shape index (κ2) is 10.5. The molecule has 10 aromatic rings. The fourth-order valence-corrected chi connectivity index (χ4v) is 9.60. The Balaban J connectivity index is 1.09. The molecule has 4 heteroatoms. The van der Waals surface area contributed by atoms with E-state index in [1.807, 2.05) is 29.8 Å². The van der Waals surface area contributed by atoms with Gasteiger partial charge in [0.25, 0.3) is 0 Å². The molecular formula is C47H30N2OS. The van der Waals surface area contributed by atoms with Crippen LogP contribution in [-0.2, 0) is 5.41 Å². The molecule has 4 heterocycles. The summed E-state index contributed by atoms with van der Waals surface area (Å²) in [4.78, 5) is 9.76. The van der Waals surface area contributed by atoms with Crippen molar-refractivity contribution in [3.05, 3.63) is 157 Å². The third-order valence-electron chi connectivity index (χ3n) is 11.0. The van der Waals surface area contributed by atoms with Crippen molar-refractivity contribution in [2.45, 2.75) is 19.3 Å². The topological polar surface area (TPSA) is 38.9 Å². The van der Waals surface area contributed by atoms with Gasteiger partial charge in [-0.2, -0.15) is 0 Å². The van der Waals surface area contributed by atoms with Crippen molar-refractivity contribution in [2.24, 2.45) is 0 Å². The Hall–Kier alpha value is -6.10. The molecular weight excluding hydrogens is 641 g/mol. The van der Waals surface area contributed by atoms with Crippen molar-refractivity contribution in [3.63, 3.8) is 0 Å². The summed E-state index contributed by atoms with van der Waals surface area (Å²) < 4.78 is 9.13. The molecule has 0 aliphatic heterocycles. The molecule has 1 aliphatic rings. The van der Waals surface area contributed by atoms with E-state index in [9.17, 15) is 0 Å². The standard InChI is InChI=1S/C47H30N2OS/c1-47(2)38-25-29(27-20-22-48-23-21-27)14-16-32(38)33-17-15-30(26-39(33)47)28-8-7-9-31(24-28)43-42-36-11-3-5-12-40(36)50-45(42)37-19-18-35-34-10-4-6-13-41(34)51-46(35)44(37)49-43/h3-26H,1-2H3. The maximum atomic E-state index is 6.67. The molecule has 240 valence electrons. The molecule has 0 radical (unpaired) electrons. The van der Waals surface area contributed by atoms with Gasteiger partial charge in [0.2, 0.25) is 0 Å². The van der Waals surface area contributed by atoms with E-state index < -0.39 is 0 Å². The van der Waals surface area contributed by atoms with Gasteiger partial charge < -0.3 is 4.42 Å². The Morgan fingerprint density at radius 1 is 0.549 bits per heavy atom. The lowest BCUT2D eigenvalue weighted by atomic mass is 9.81. The molecule has 0 saturated heterocycles. The Morgan fingerprint density at radius 3 is 2.02 bits per heavy atom. The van der Waals surface area contributed by atoms with Gasteiger partial charge >= 0.3 is 0 Å². The summed E-state index contributed by atoms with van der Waals surface area (Å²) in [5, 5.41) is 5.70. The van der Waals surface area contributed by atoms with Crippen LogP contribution in [0.5, 0.6) is 0 Å². The minimum atomic E-state index is -0.140. The number of fused-ring (bicyclic) bond motifs is 12. The number of hydrogen-bond acceptors (Lipinski definition) is 4. The number of pyridine rings is 2. The minimum absolute atomic E-state index is 0.140. The van der Waals surface area contributed by atoms with Crippen molar-refractivity contribution in [1.29, 1.82) is 0 Å². The monoisotopic (exact) mass is 670 g/mol. The lowest BCUT2D eigenvalue weighted by Gasteiger charge is -2.22. The first-order valence-corrected chi connectivity index (χ1v) is 18.2. The van der Waals surface area contributed by atoms with Crippen molar-refractivity contribution >= 4 is 64.4 Å². The molecule has 0 fully saturated rings. The number of hydrogen-bond donors (Lipinski definition) is 0. The summed E-state index contributed by atoms with van der Waals surface area (Å²) >= 11 is 1.81. The van der Waals surface area contributed by atoms with Crippen LogP contribution in [0.15, 0.2) is 150 Å². The van der Waals surface area contributed by atoms with Crippen molar-refractivity contribution in [1.82, 2.24) is 9.97 Å². The highest BCUT2D eigenvalue weighted by Gasteiger charge is 2.36. The molecule has 0 unspecified atom stereocenters. The van der Waals surface area contributed by atoms with E-state index in [-0.39, 0.29) is 5.41 Å². The van der Waals surface area contributed by atoms with E-state index in [0.29, 0.717) is 0 Å². The molecule has 0 bridgehead atoms. The first-order chi connectivity index (χ1) is 25.0. The highest BCUT2D eigenvalue weighted by molar-refractivity contribution is 7.26. The van der Waals surface area contributed by atoms with Crippen LogP contribution in [0, 0.1) is 0 Å². The molecule has 0 N–H and O–H groups in total. The zero-order valence-electron chi connectivity index (χ0n) is 28.1. The summed E-state index contributed by atoms with van der Waals surface area (Å²) in [6.07, 6.45) is 3.72. The summed E-state index contributed by atoms with van der Waals surface area (Å²) in [6, 6.07) is 48.3. The van der Waals surface area contributed by atoms with E-state index in [2.05, 4.69) is 146 Å². The molecule has 51 heavy (non-hydrogen) atoms. The molecule has 0 amide bonds. The molecule has 3 nitrogen and oxygen atoms in total. The van der Waals surface area contributed by atoms with E-state index >= 15 is 0 Å². The SMILES string of the molecule is CC1(C)c2cc(-c3ccncc3)ccc2-c2ccc(-c3cccc(-c4nc5c(ccc6c7ccccc7sc65)c5oc6ccccc6c45)c3)cc21. The molecule has 1 aliphatic carbocycles. The molecule has 6 aromatic carbocycles. The van der Waals surface area contributed by atoms with E-state index in [1.165, 1.54) is 64.7 Å². The average molecular weight is 671 g/mol. The van der Waals surface area contributed by atoms with Crippen LogP contribution in [0.4, 0.5) is 0 Å². The number of rotatable bonds is 3. The fourth-order valence-electron chi connectivity index (χ4n) is 8.40. The summed E-state index contributed by atoms with van der Waals surface area (Å²) in [5.41, 5.74) is 14.8. The van der Waals surface area contributed by atoms with E-state index in [1.54, 1.807) is 0 Å². The lowest BCUT2D eigenvalue weighted by Crippen LogP contribution is -2.15. The van der Waals surface area contributed by atoms with Gasteiger partial charge in [-0.05, 0) is 93.0 Å². The molecule has 4 aromatic heterocycles. The number of benzene rings is 6. The zero-order chi connectivity index (χ0) is 33.8. The first-order valence-electron chi connectivity index (χ1n) is 17.4. The number of thiophene rings is 1. The number of furan rings is 1. The highest BCUT2D eigenvalue weighted by atomic mass is 32.1. The predicted molar refractivity (Wildman–Crippen MR) is 214 cm³/mol. The quantitative estimate of drug-likeness (QED) is 0.188. The van der Waals surface area contributed by atoms with Crippen molar-refractivity contribution in [2.75, 3.05) is 0 Å². The predicted octanol–water partition coefficient (Wildman–Crippen LogP) is 13.2. The van der Waals surface area contributed by atoms with Crippen LogP contribution in [-0.4, -0.2) is 9.97 Å². The molecule has 0 atom stereocenters. The zero-order valence-corrected chi connectivity index (χ0v) is 28.9. The van der Waals surface area contributed by atoms with Gasteiger partial charge in [0, 0.05) is 49.6 Å². The maximum absolute atomic E-state index is 6.67. The summed E-state index contributed by atoms with van der Waals surface area (Å²) in [5.74, 6) is 0. The third kappa shape index (κ3) is 4.11. The van der Waals surface area contributed by atoms with E-state index in [4.69, 9.17) is 9.40 Å². The van der Waals surface area contributed by atoms with Gasteiger partial charge in [0.1, 0.15) is 11.2 Å². The third-order valence-corrected chi connectivity index (χ3v) is 12.2. The summed E-state index contributed by atoms with van der Waals surface area (Å²) in [6.45, 7) is 4.70. The maximum Gasteiger partial charge on any atom is 0.147 e. The van der Waals surface area contributed by atoms with Gasteiger partial charge in [0.15, 0.2) is 0 Å². The van der Waals surface area contributed by atoms with Crippen LogP contribution in [0.3, 0.4) is 0 Å². The average Bonchev–Trinajstić information content (AvgIpc) is 3.83. The molecule has 11 rings (SSSR count). The number of aromatic nitrogens is 2. The second-order valence-electron chi connectivity index (χ2n) is 14.2. The van der Waals surface area contributed by atoms with Gasteiger partial charge in [-0.1, -0.05) is 98.8 Å². The Kier molecular flexibility index (Phi) is 5.89. The van der Waals surface area contributed by atoms with Gasteiger partial charge in [-0.3, -0.25) is 4.98 Å². The van der Waals surface area contributed by atoms with Crippen LogP contribution < -0.4 is 0 Å². The molecule has 0 spiro atoms. The smallest absolute Gasteiger partial charge is 0.147 e. The van der Waals surface area contributed by atoms with E-state index in [0.717, 1.165) is 44.1 Å². The number of para-hydroxylation sites is 1. The Bertz CT molecular complexity index is 3060. The number of nitrogens with zero attached hydrogens (tertiary/aromatic N) is 2. The normalized spacial score (nSPS) is 13.5.